The average molecular weight is 183 g/mol. The number of nitriles is 1. The van der Waals surface area contributed by atoms with Crippen LogP contribution in [0.25, 0.3) is 0 Å². The number of carbonyl (C=O) groups is 2. The first-order valence-electron chi connectivity index (χ1n) is 3.34. The summed E-state index contributed by atoms with van der Waals surface area (Å²) in [5, 5.41) is 15.8. The van der Waals surface area contributed by atoms with E-state index < -0.39 is 5.54 Å². The summed E-state index contributed by atoms with van der Waals surface area (Å²) in [6.07, 6.45) is 0.644. The molecule has 2 amide bonds. The molecule has 1 N–H and O–H groups in total. The fourth-order valence-corrected chi connectivity index (χ4v) is 0.413. The minimum atomic E-state index is -1.09. The molecule has 70 valence electrons. The highest BCUT2D eigenvalue weighted by molar-refractivity contribution is 5.49. The van der Waals surface area contributed by atoms with Crippen molar-refractivity contribution >= 4 is 12.8 Å². The molecule has 7 nitrogen and oxygen atoms in total. The molecule has 0 aromatic carbocycles. The van der Waals surface area contributed by atoms with Crippen molar-refractivity contribution in [2.75, 3.05) is 0 Å². The van der Waals surface area contributed by atoms with Crippen LogP contribution in [0.1, 0.15) is 13.8 Å². The van der Waals surface area contributed by atoms with Gasteiger partial charge in [0.25, 0.3) is 0 Å². The summed E-state index contributed by atoms with van der Waals surface area (Å²) < 4.78 is 0. The maximum absolute atomic E-state index is 10.4. The summed E-state index contributed by atoms with van der Waals surface area (Å²) >= 11 is 0. The van der Waals surface area contributed by atoms with E-state index in [2.05, 4.69) is 10.4 Å². The quantitative estimate of drug-likeness (QED) is 0.362. The molecule has 0 rings (SSSR count). The molecule has 0 unspecified atom stereocenters. The van der Waals surface area contributed by atoms with Crippen LogP contribution in [0.5, 0.6) is 0 Å². The number of carbonyl (C=O) groups excluding carboxylic acids is 2. The van der Waals surface area contributed by atoms with Crippen molar-refractivity contribution in [3.05, 3.63) is 0 Å². The Morgan fingerprint density at radius 3 is 2.54 bits per heavy atom. The summed E-state index contributed by atoms with van der Waals surface area (Å²) in [7, 11) is 0. The van der Waals surface area contributed by atoms with Gasteiger partial charge < -0.3 is 0 Å². The monoisotopic (exact) mass is 183 g/mol. The van der Waals surface area contributed by atoms with Crippen LogP contribution in [0, 0.1) is 11.3 Å². The second kappa shape index (κ2) is 4.82. The Bertz CT molecular complexity index is 254. The first kappa shape index (κ1) is 11.0. The third-order valence-electron chi connectivity index (χ3n) is 1.20. The van der Waals surface area contributed by atoms with E-state index in [9.17, 15) is 9.59 Å². The Hall–Kier alpha value is -1.97. The van der Waals surface area contributed by atoms with Gasteiger partial charge in [0.05, 0.1) is 6.07 Å². The first-order chi connectivity index (χ1) is 6.08. The largest absolute Gasteiger partial charge is 0.277 e. The van der Waals surface area contributed by atoms with Gasteiger partial charge >= 0.3 is 0 Å². The molecule has 0 radical (unpaired) electrons. The standard InChI is InChI=1S/C6H9N5O2/c1-6(2,3-7)11(5-13)10-9-8-4-12/h4-5H,1-2H3,(H,8,10,12). The predicted molar refractivity (Wildman–Crippen MR) is 41.7 cm³/mol. The van der Waals surface area contributed by atoms with Crippen molar-refractivity contribution in [2.45, 2.75) is 19.4 Å². The first-order valence-corrected chi connectivity index (χ1v) is 3.34. The van der Waals surface area contributed by atoms with E-state index in [0.29, 0.717) is 12.8 Å². The molecule has 0 heterocycles. The van der Waals surface area contributed by atoms with Crippen LogP contribution in [0.2, 0.25) is 0 Å². The van der Waals surface area contributed by atoms with Gasteiger partial charge in [0.15, 0.2) is 0 Å². The Kier molecular flexibility index (Phi) is 4.09. The Morgan fingerprint density at radius 1 is 1.54 bits per heavy atom. The lowest BCUT2D eigenvalue weighted by Crippen LogP contribution is -2.37. The average Bonchev–Trinajstić information content (AvgIpc) is 2.12. The number of amides is 2. The maximum Gasteiger partial charge on any atom is 0.232 e. The van der Waals surface area contributed by atoms with E-state index in [0.717, 1.165) is 5.01 Å². The van der Waals surface area contributed by atoms with E-state index >= 15 is 0 Å². The van der Waals surface area contributed by atoms with Crippen LogP contribution in [0.4, 0.5) is 0 Å². The van der Waals surface area contributed by atoms with E-state index in [1.165, 1.54) is 13.8 Å². The van der Waals surface area contributed by atoms with Gasteiger partial charge in [-0.15, -0.1) is 0 Å². The van der Waals surface area contributed by atoms with Gasteiger partial charge in [-0.3, -0.25) is 9.59 Å². The van der Waals surface area contributed by atoms with Gasteiger partial charge in [0, 0.05) is 0 Å². The molecule has 0 bridgehead atoms. The highest BCUT2D eigenvalue weighted by Gasteiger charge is 2.25. The van der Waals surface area contributed by atoms with Crippen LogP contribution >= 0.6 is 0 Å². The normalized spacial score (nSPS) is 10.5. The molecule has 0 spiro atoms. The van der Waals surface area contributed by atoms with E-state index in [1.807, 2.05) is 11.5 Å². The predicted octanol–water partition coefficient (Wildman–Crippen LogP) is -0.225. The van der Waals surface area contributed by atoms with Gasteiger partial charge in [-0.05, 0) is 24.3 Å². The molecule has 13 heavy (non-hydrogen) atoms. The highest BCUT2D eigenvalue weighted by atomic mass is 16.2. The van der Waals surface area contributed by atoms with Crippen molar-refractivity contribution in [3.8, 4) is 6.07 Å². The molecule has 0 fully saturated rings. The molecule has 0 saturated carbocycles. The summed E-state index contributed by atoms with van der Waals surface area (Å²) in [6.45, 7) is 2.97. The molecule has 7 heteroatoms. The zero-order chi connectivity index (χ0) is 10.3. The summed E-state index contributed by atoms with van der Waals surface area (Å²) in [5.41, 5.74) is 0.790. The number of hydrogen-bond acceptors (Lipinski definition) is 5. The molecule has 0 aliphatic heterocycles. The Balaban J connectivity index is 4.44. The van der Waals surface area contributed by atoms with E-state index in [-0.39, 0.29) is 0 Å². The van der Waals surface area contributed by atoms with E-state index in [4.69, 9.17) is 5.26 Å². The maximum atomic E-state index is 10.4. The van der Waals surface area contributed by atoms with Gasteiger partial charge in [-0.25, -0.2) is 5.43 Å². The molecule has 0 atom stereocenters. The third kappa shape index (κ3) is 3.29. The van der Waals surface area contributed by atoms with Gasteiger partial charge in [0.1, 0.15) is 5.54 Å². The summed E-state index contributed by atoms with van der Waals surface area (Å²) in [4.78, 5) is 20.2. The topological polar surface area (TPSA) is 97.9 Å². The van der Waals surface area contributed by atoms with Gasteiger partial charge in [-0.1, -0.05) is 0 Å². The van der Waals surface area contributed by atoms with Crippen molar-refractivity contribution in [2.24, 2.45) is 10.4 Å². The lowest BCUT2D eigenvalue weighted by Gasteiger charge is -2.21. The number of nitrogens with zero attached hydrogens (tertiary/aromatic N) is 4. The smallest absolute Gasteiger partial charge is 0.232 e. The fraction of sp³-hybridized carbons (Fsp3) is 0.500. The van der Waals surface area contributed by atoms with Crippen LogP contribution in [0.15, 0.2) is 10.4 Å². The number of hydrogen-bond donors (Lipinski definition) is 1. The molecule has 0 aromatic rings. The molecule has 0 aromatic heterocycles. The van der Waals surface area contributed by atoms with Crippen LogP contribution in [0.3, 0.4) is 0 Å². The van der Waals surface area contributed by atoms with Crippen molar-refractivity contribution in [1.82, 2.24) is 10.4 Å². The van der Waals surface area contributed by atoms with Gasteiger partial charge in [-0.2, -0.15) is 10.3 Å². The summed E-state index contributed by atoms with van der Waals surface area (Å²) in [6, 6.07) is 1.84. The van der Waals surface area contributed by atoms with Crippen LogP contribution in [-0.2, 0) is 9.59 Å². The fourth-order valence-electron chi connectivity index (χ4n) is 0.413. The number of rotatable bonds is 5. The second-order valence-corrected chi connectivity index (χ2v) is 2.56. The molecular weight excluding hydrogens is 174 g/mol. The highest BCUT2D eigenvalue weighted by Crippen LogP contribution is 2.10. The van der Waals surface area contributed by atoms with Crippen LogP contribution < -0.4 is 5.43 Å². The SMILES string of the molecule is CC(C)(C#N)N(C=O)N=NNC=O. The Labute approximate surface area is 75.0 Å². The zero-order valence-electron chi connectivity index (χ0n) is 7.26. The lowest BCUT2D eigenvalue weighted by molar-refractivity contribution is -0.122. The Morgan fingerprint density at radius 2 is 2.15 bits per heavy atom. The molecule has 0 aliphatic rings. The second-order valence-electron chi connectivity index (χ2n) is 2.56. The van der Waals surface area contributed by atoms with E-state index in [1.54, 1.807) is 0 Å². The van der Waals surface area contributed by atoms with Crippen LogP contribution in [-0.4, -0.2) is 23.4 Å². The minimum Gasteiger partial charge on any atom is -0.277 e. The lowest BCUT2D eigenvalue weighted by atomic mass is 10.1. The van der Waals surface area contributed by atoms with Crippen molar-refractivity contribution < 1.29 is 9.59 Å². The summed E-state index contributed by atoms with van der Waals surface area (Å²) in [5.74, 6) is 0. The van der Waals surface area contributed by atoms with Gasteiger partial charge in [0.2, 0.25) is 12.8 Å². The molecule has 0 saturated heterocycles. The third-order valence-corrected chi connectivity index (χ3v) is 1.20. The van der Waals surface area contributed by atoms with Crippen molar-refractivity contribution in [1.29, 1.82) is 5.26 Å². The number of nitrogens with one attached hydrogen (secondary N) is 1. The molecular formula is C6H9N5O2. The minimum absolute atomic E-state index is 0.297. The molecule has 0 aliphatic carbocycles. The van der Waals surface area contributed by atoms with Crippen molar-refractivity contribution in [3.63, 3.8) is 0 Å². The zero-order valence-corrected chi connectivity index (χ0v) is 7.26.